The van der Waals surface area contributed by atoms with Gasteiger partial charge in [-0.15, -0.1) is 0 Å². The molecule has 3 aromatic carbocycles. The zero-order valence-electron chi connectivity index (χ0n) is 32.3. The molecule has 0 amide bonds. The molecule has 14 heteroatoms. The fourth-order valence-electron chi connectivity index (χ4n) is 7.17. The van der Waals surface area contributed by atoms with Gasteiger partial charge in [-0.1, -0.05) is 55.1 Å². The maximum atomic E-state index is 12.2. The van der Waals surface area contributed by atoms with Crippen molar-refractivity contribution in [1.29, 1.82) is 5.41 Å². The SMILES string of the molecule is C=C(Nc1cccc(Sc2ncc(N3CCC(C)(N)CC3)nc2N)c1Cl)C1CCN(Cc2ccc(N(CC(C)=O)C(=N)c3cc(CC)c(O)cc3O)cc2)CC1. The average molecular weight is 798 g/mol. The molecular formula is C42H52ClN9O3S. The first kappa shape index (κ1) is 40.8. The summed E-state index contributed by atoms with van der Waals surface area (Å²) in [7, 11) is 0. The van der Waals surface area contributed by atoms with Crippen molar-refractivity contribution in [2.45, 2.75) is 74.9 Å². The van der Waals surface area contributed by atoms with Gasteiger partial charge in [-0.2, -0.15) is 0 Å². The van der Waals surface area contributed by atoms with Crippen molar-refractivity contribution in [3.63, 3.8) is 0 Å². The molecule has 2 aliphatic rings. The van der Waals surface area contributed by atoms with E-state index in [0.717, 1.165) is 86.1 Å². The van der Waals surface area contributed by atoms with Crippen LogP contribution in [0.2, 0.25) is 5.02 Å². The van der Waals surface area contributed by atoms with Gasteiger partial charge in [0.1, 0.15) is 34.0 Å². The van der Waals surface area contributed by atoms with E-state index in [9.17, 15) is 15.0 Å². The molecule has 2 aliphatic heterocycles. The topological polar surface area (TPSA) is 181 Å². The van der Waals surface area contributed by atoms with Crippen molar-refractivity contribution in [3.05, 3.63) is 94.8 Å². The molecule has 6 rings (SSSR count). The van der Waals surface area contributed by atoms with Gasteiger partial charge in [-0.3, -0.25) is 15.1 Å². The average Bonchev–Trinajstić information content (AvgIpc) is 3.16. The standard InChI is InChI=1S/C42H52ClN9O3S/c1-5-29-21-32(35(55)22-34(29)54)40(45)52(24-26(2)53)31-11-9-28(10-12-31)25-50-17-13-30(14-18-50)27(3)48-33-7-6-8-36(38(33)43)56-41-39(44)49-37(23-47-41)51-19-15-42(4,46)16-20-51/h6-12,21-23,30,45,48,54-55H,3,5,13-20,24-25,46H2,1-2,4H3,(H2,44,49). The lowest BCUT2D eigenvalue weighted by atomic mass is 9.91. The normalized spacial score (nSPS) is 16.1. The molecule has 2 fully saturated rings. The predicted molar refractivity (Wildman–Crippen MR) is 227 cm³/mol. The van der Waals surface area contributed by atoms with Gasteiger partial charge < -0.3 is 36.8 Å². The number of benzene rings is 3. The van der Waals surface area contributed by atoms with Crippen molar-refractivity contribution in [3.8, 4) is 11.5 Å². The third-order valence-electron chi connectivity index (χ3n) is 10.7. The summed E-state index contributed by atoms with van der Waals surface area (Å²) < 4.78 is 0. The minimum atomic E-state index is -0.209. The van der Waals surface area contributed by atoms with Crippen LogP contribution in [-0.2, 0) is 17.8 Å². The van der Waals surface area contributed by atoms with Crippen LogP contribution in [0.3, 0.4) is 0 Å². The lowest BCUT2D eigenvalue weighted by Crippen LogP contribution is -2.48. The van der Waals surface area contributed by atoms with E-state index in [-0.39, 0.29) is 46.7 Å². The number of phenols is 2. The first-order chi connectivity index (χ1) is 26.7. The van der Waals surface area contributed by atoms with Crippen LogP contribution in [0.25, 0.3) is 0 Å². The number of piperidine rings is 2. The number of ketones is 1. The van der Waals surface area contributed by atoms with Crippen LogP contribution < -0.4 is 26.6 Å². The van der Waals surface area contributed by atoms with E-state index in [2.05, 4.69) is 38.6 Å². The monoisotopic (exact) mass is 797 g/mol. The number of nitrogens with zero attached hydrogens (tertiary/aromatic N) is 5. The summed E-state index contributed by atoms with van der Waals surface area (Å²) in [4.78, 5) is 28.5. The molecule has 0 spiro atoms. The van der Waals surface area contributed by atoms with Crippen LogP contribution in [0, 0.1) is 11.3 Å². The number of likely N-dealkylation sites (tertiary alicyclic amines) is 1. The first-order valence-electron chi connectivity index (χ1n) is 19.0. The fourth-order valence-corrected chi connectivity index (χ4v) is 8.27. The van der Waals surface area contributed by atoms with Crippen LogP contribution in [0.1, 0.15) is 63.1 Å². The Bertz CT molecular complexity index is 2080. The number of nitrogens with two attached hydrogens (primary N) is 2. The molecule has 0 saturated carbocycles. The molecule has 56 heavy (non-hydrogen) atoms. The highest BCUT2D eigenvalue weighted by Gasteiger charge is 2.28. The van der Waals surface area contributed by atoms with Crippen molar-refractivity contribution in [2.24, 2.45) is 11.7 Å². The van der Waals surface area contributed by atoms with Gasteiger partial charge in [0.05, 0.1) is 29.0 Å². The maximum absolute atomic E-state index is 12.2. The Morgan fingerprint density at radius 3 is 2.45 bits per heavy atom. The number of amidine groups is 1. The number of aryl methyl sites for hydroxylation is 1. The Balaban J connectivity index is 1.02. The molecule has 0 unspecified atom stereocenters. The molecule has 1 aromatic heterocycles. The summed E-state index contributed by atoms with van der Waals surface area (Å²) in [6.45, 7) is 14.0. The first-order valence-corrected chi connectivity index (χ1v) is 20.2. The molecule has 296 valence electrons. The highest BCUT2D eigenvalue weighted by atomic mass is 35.5. The molecule has 0 bridgehead atoms. The highest BCUT2D eigenvalue weighted by Crippen LogP contribution is 2.40. The molecular weight excluding hydrogens is 746 g/mol. The van der Waals surface area contributed by atoms with E-state index in [1.54, 1.807) is 17.2 Å². The molecule has 8 N–H and O–H groups in total. The number of halogens is 1. The van der Waals surface area contributed by atoms with Crippen LogP contribution in [0.4, 0.5) is 23.0 Å². The Morgan fingerprint density at radius 1 is 1.11 bits per heavy atom. The Labute approximate surface area is 338 Å². The lowest BCUT2D eigenvalue weighted by Gasteiger charge is -2.37. The third kappa shape index (κ3) is 9.76. The summed E-state index contributed by atoms with van der Waals surface area (Å²) in [6.07, 6.45) is 5.96. The van der Waals surface area contributed by atoms with Gasteiger partial charge in [0.2, 0.25) is 0 Å². The Morgan fingerprint density at radius 2 is 1.80 bits per heavy atom. The van der Waals surface area contributed by atoms with Gasteiger partial charge in [0.25, 0.3) is 0 Å². The molecule has 0 aliphatic carbocycles. The third-order valence-corrected chi connectivity index (χ3v) is 12.3. The smallest absolute Gasteiger partial charge is 0.158 e. The molecule has 3 heterocycles. The molecule has 4 aromatic rings. The minimum Gasteiger partial charge on any atom is -0.508 e. The zero-order valence-corrected chi connectivity index (χ0v) is 33.9. The van der Waals surface area contributed by atoms with Crippen LogP contribution >= 0.6 is 23.4 Å². The number of nitrogen functional groups attached to an aromatic ring is 1. The number of carbonyl (C=O) groups is 1. The second-order valence-corrected chi connectivity index (χ2v) is 16.5. The number of anilines is 4. The quantitative estimate of drug-likeness (QED) is 0.0583. The maximum Gasteiger partial charge on any atom is 0.158 e. The van der Waals surface area contributed by atoms with E-state index in [4.69, 9.17) is 28.5 Å². The van der Waals surface area contributed by atoms with Gasteiger partial charge in [-0.05, 0) is 100 Å². The number of rotatable bonds is 13. The molecule has 0 atom stereocenters. The predicted octanol–water partition coefficient (Wildman–Crippen LogP) is 7.41. The summed E-state index contributed by atoms with van der Waals surface area (Å²) in [5, 5.41) is 34.3. The summed E-state index contributed by atoms with van der Waals surface area (Å²) in [5.74, 6) is 1.04. The van der Waals surface area contributed by atoms with Gasteiger partial charge >= 0.3 is 0 Å². The number of aromatic hydroxyl groups is 2. The lowest BCUT2D eigenvalue weighted by molar-refractivity contribution is -0.115. The number of aromatic nitrogens is 2. The van der Waals surface area contributed by atoms with E-state index in [0.29, 0.717) is 33.5 Å². The fraction of sp³-hybridized carbons (Fsp3) is 0.381. The highest BCUT2D eigenvalue weighted by molar-refractivity contribution is 7.99. The molecule has 0 radical (unpaired) electrons. The van der Waals surface area contributed by atoms with E-state index < -0.39 is 0 Å². The molecule has 2 saturated heterocycles. The van der Waals surface area contributed by atoms with Crippen molar-refractivity contribution >= 4 is 58.0 Å². The number of carbonyl (C=O) groups excluding carboxylic acids is 1. The number of hydrogen-bond donors (Lipinski definition) is 6. The summed E-state index contributed by atoms with van der Waals surface area (Å²) >= 11 is 8.31. The number of phenolic OH excluding ortho intramolecular Hbond substituents is 2. The van der Waals surface area contributed by atoms with Crippen molar-refractivity contribution in [1.82, 2.24) is 14.9 Å². The largest absolute Gasteiger partial charge is 0.508 e. The van der Waals surface area contributed by atoms with E-state index in [1.165, 1.54) is 24.8 Å². The Kier molecular flexibility index (Phi) is 12.8. The number of nitrogens with one attached hydrogen (secondary N) is 2. The second-order valence-electron chi connectivity index (χ2n) is 15.1. The van der Waals surface area contributed by atoms with E-state index >= 15 is 0 Å². The zero-order chi connectivity index (χ0) is 40.1. The summed E-state index contributed by atoms with van der Waals surface area (Å²) in [6, 6.07) is 16.5. The molecule has 12 nitrogen and oxygen atoms in total. The number of allylic oxidation sites excluding steroid dienone is 1. The van der Waals surface area contributed by atoms with Gasteiger partial charge in [0, 0.05) is 53.4 Å². The van der Waals surface area contributed by atoms with Crippen LogP contribution in [-0.4, -0.2) is 75.0 Å². The number of Topliss-reactive ketones (excluding diaryl/α,β-unsaturated/α-hetero) is 1. The Hall–Kier alpha value is -4.82. The van der Waals surface area contributed by atoms with Crippen LogP contribution in [0.15, 0.2) is 83.0 Å². The summed E-state index contributed by atoms with van der Waals surface area (Å²) in [5.41, 5.74) is 16.9. The number of hydrogen-bond acceptors (Lipinski definition) is 12. The van der Waals surface area contributed by atoms with Crippen molar-refractivity contribution < 1.29 is 15.0 Å². The second kappa shape index (κ2) is 17.5. The van der Waals surface area contributed by atoms with E-state index in [1.807, 2.05) is 49.4 Å². The van der Waals surface area contributed by atoms with Gasteiger partial charge in [-0.25, -0.2) is 9.97 Å². The minimum absolute atomic E-state index is 0.0131. The van der Waals surface area contributed by atoms with Crippen LogP contribution in [0.5, 0.6) is 11.5 Å². The van der Waals surface area contributed by atoms with Crippen molar-refractivity contribution in [2.75, 3.05) is 53.6 Å². The van der Waals surface area contributed by atoms with Gasteiger partial charge in [0.15, 0.2) is 5.82 Å².